The van der Waals surface area contributed by atoms with Gasteiger partial charge < -0.3 is 4.74 Å². The minimum atomic E-state index is -0.716. The average Bonchev–Trinajstić information content (AvgIpc) is 2.28. The summed E-state index contributed by atoms with van der Waals surface area (Å²) < 4.78 is 18.5. The Morgan fingerprint density at radius 1 is 1.62 bits per heavy atom. The van der Waals surface area contributed by atoms with Gasteiger partial charge in [-0.1, -0.05) is 15.9 Å². The van der Waals surface area contributed by atoms with Gasteiger partial charge in [-0.05, 0) is 19.1 Å². The number of ether oxygens (including phenoxy) is 1. The van der Waals surface area contributed by atoms with E-state index in [0.717, 1.165) is 0 Å². The molecule has 0 spiro atoms. The molecule has 0 aliphatic rings. The second-order valence-electron chi connectivity index (χ2n) is 2.92. The zero-order valence-electron chi connectivity index (χ0n) is 8.59. The van der Waals surface area contributed by atoms with E-state index in [1.807, 2.05) is 6.07 Å². The highest BCUT2D eigenvalue weighted by molar-refractivity contribution is 9.08. The van der Waals surface area contributed by atoms with Crippen molar-refractivity contribution in [1.29, 1.82) is 5.26 Å². The molecule has 0 N–H and O–H groups in total. The van der Waals surface area contributed by atoms with Gasteiger partial charge in [0.15, 0.2) is 0 Å². The predicted octanol–water partition coefficient (Wildman–Crippen LogP) is 2.77. The fraction of sp³-hybridized carbons (Fsp3) is 0.273. The van der Waals surface area contributed by atoms with Gasteiger partial charge in [0.2, 0.25) is 0 Å². The molecule has 0 bridgehead atoms. The first-order chi connectivity index (χ1) is 7.65. The van der Waals surface area contributed by atoms with Gasteiger partial charge >= 0.3 is 5.97 Å². The molecule has 0 atom stereocenters. The van der Waals surface area contributed by atoms with E-state index in [4.69, 9.17) is 10.00 Å². The van der Waals surface area contributed by atoms with Crippen LogP contribution in [-0.2, 0) is 10.1 Å². The molecule has 84 valence electrons. The molecule has 1 aromatic rings. The van der Waals surface area contributed by atoms with Crippen molar-refractivity contribution in [2.24, 2.45) is 0 Å². The summed E-state index contributed by atoms with van der Waals surface area (Å²) in [6.45, 7) is 1.83. The standard InChI is InChI=1S/C11H9BrFNO2/c1-2-16-11(15)8-4-3-7(6-14)9(5-12)10(8)13/h3-4H,2,5H2,1H3. The number of alkyl halides is 1. The van der Waals surface area contributed by atoms with Crippen molar-refractivity contribution >= 4 is 21.9 Å². The van der Waals surface area contributed by atoms with E-state index in [1.165, 1.54) is 12.1 Å². The number of carbonyl (C=O) groups excluding carboxylic acids is 1. The molecule has 0 amide bonds. The molecule has 0 aliphatic carbocycles. The Bertz CT molecular complexity index is 454. The normalized spacial score (nSPS) is 9.62. The Morgan fingerprint density at radius 2 is 2.31 bits per heavy atom. The third kappa shape index (κ3) is 2.39. The lowest BCUT2D eigenvalue weighted by molar-refractivity contribution is 0.0521. The molecule has 0 saturated carbocycles. The van der Waals surface area contributed by atoms with Crippen molar-refractivity contribution < 1.29 is 13.9 Å². The number of hydrogen-bond donors (Lipinski definition) is 0. The molecule has 0 heterocycles. The van der Waals surface area contributed by atoms with Gasteiger partial charge in [-0.25, -0.2) is 9.18 Å². The highest BCUT2D eigenvalue weighted by Crippen LogP contribution is 2.20. The Morgan fingerprint density at radius 3 is 2.81 bits per heavy atom. The second-order valence-corrected chi connectivity index (χ2v) is 3.48. The highest BCUT2D eigenvalue weighted by Gasteiger charge is 2.18. The predicted molar refractivity (Wildman–Crippen MR) is 59.7 cm³/mol. The molecule has 1 aromatic carbocycles. The van der Waals surface area contributed by atoms with Crippen molar-refractivity contribution in [3.63, 3.8) is 0 Å². The molecule has 0 saturated heterocycles. The van der Waals surface area contributed by atoms with Crippen LogP contribution in [0, 0.1) is 17.1 Å². The largest absolute Gasteiger partial charge is 0.462 e. The first-order valence-corrected chi connectivity index (χ1v) is 5.72. The summed E-state index contributed by atoms with van der Waals surface area (Å²) in [4.78, 5) is 11.4. The smallest absolute Gasteiger partial charge is 0.341 e. The maximum Gasteiger partial charge on any atom is 0.341 e. The van der Waals surface area contributed by atoms with Crippen LogP contribution in [0.15, 0.2) is 12.1 Å². The fourth-order valence-corrected chi connectivity index (χ4v) is 1.77. The highest BCUT2D eigenvalue weighted by atomic mass is 79.9. The van der Waals surface area contributed by atoms with Crippen LogP contribution in [0.1, 0.15) is 28.4 Å². The van der Waals surface area contributed by atoms with E-state index in [9.17, 15) is 9.18 Å². The number of hydrogen-bond acceptors (Lipinski definition) is 3. The van der Waals surface area contributed by atoms with Gasteiger partial charge in [-0.2, -0.15) is 5.26 Å². The summed E-state index contributed by atoms with van der Waals surface area (Å²) in [5, 5.41) is 8.93. The van der Waals surface area contributed by atoms with E-state index in [0.29, 0.717) is 0 Å². The van der Waals surface area contributed by atoms with E-state index < -0.39 is 11.8 Å². The Balaban J connectivity index is 3.25. The van der Waals surface area contributed by atoms with Crippen molar-refractivity contribution in [1.82, 2.24) is 0 Å². The van der Waals surface area contributed by atoms with Crippen molar-refractivity contribution in [3.8, 4) is 6.07 Å². The topological polar surface area (TPSA) is 50.1 Å². The van der Waals surface area contributed by atoms with Crippen LogP contribution in [0.25, 0.3) is 0 Å². The number of halogens is 2. The minimum Gasteiger partial charge on any atom is -0.462 e. The molecule has 3 nitrogen and oxygen atoms in total. The third-order valence-electron chi connectivity index (χ3n) is 1.99. The summed E-state index contributed by atoms with van der Waals surface area (Å²) in [6, 6.07) is 4.53. The molecule has 1 rings (SSSR count). The number of carbonyl (C=O) groups is 1. The monoisotopic (exact) mass is 285 g/mol. The van der Waals surface area contributed by atoms with Crippen LogP contribution in [-0.4, -0.2) is 12.6 Å². The summed E-state index contributed by atoms with van der Waals surface area (Å²) in [5.74, 6) is -1.42. The van der Waals surface area contributed by atoms with E-state index >= 15 is 0 Å². The van der Waals surface area contributed by atoms with Crippen LogP contribution in [0.5, 0.6) is 0 Å². The summed E-state index contributed by atoms with van der Waals surface area (Å²) >= 11 is 3.08. The van der Waals surface area contributed by atoms with Crippen LogP contribution < -0.4 is 0 Å². The number of nitrogens with zero attached hydrogens (tertiary/aromatic N) is 1. The van der Waals surface area contributed by atoms with Gasteiger partial charge in [-0.15, -0.1) is 0 Å². The first-order valence-electron chi connectivity index (χ1n) is 4.60. The number of esters is 1. The number of rotatable bonds is 3. The van der Waals surface area contributed by atoms with Crippen LogP contribution >= 0.6 is 15.9 Å². The molecular weight excluding hydrogens is 277 g/mol. The number of nitriles is 1. The van der Waals surface area contributed by atoms with Crippen LogP contribution in [0.4, 0.5) is 4.39 Å². The molecular formula is C11H9BrFNO2. The first kappa shape index (κ1) is 12.7. The fourth-order valence-electron chi connectivity index (χ4n) is 1.22. The summed E-state index contributed by atoms with van der Waals surface area (Å²) in [7, 11) is 0. The molecule has 5 heteroatoms. The van der Waals surface area contributed by atoms with Crippen molar-refractivity contribution in [3.05, 3.63) is 34.6 Å². The van der Waals surface area contributed by atoms with E-state index in [1.54, 1.807) is 6.92 Å². The Hall–Kier alpha value is -1.41. The Labute approximate surface area is 101 Å². The quantitative estimate of drug-likeness (QED) is 0.634. The zero-order chi connectivity index (χ0) is 12.1. The molecule has 0 aromatic heterocycles. The lowest BCUT2D eigenvalue weighted by atomic mass is 10.1. The van der Waals surface area contributed by atoms with Crippen LogP contribution in [0.2, 0.25) is 0 Å². The number of benzene rings is 1. The summed E-state index contributed by atoms with van der Waals surface area (Å²) in [5.41, 5.74) is 0.241. The lowest BCUT2D eigenvalue weighted by Gasteiger charge is -2.07. The van der Waals surface area contributed by atoms with E-state index in [2.05, 4.69) is 15.9 Å². The maximum absolute atomic E-state index is 13.8. The van der Waals surface area contributed by atoms with Gasteiger partial charge in [-0.3, -0.25) is 0 Å². The van der Waals surface area contributed by atoms with Crippen LogP contribution in [0.3, 0.4) is 0 Å². The van der Waals surface area contributed by atoms with Gasteiger partial charge in [0.05, 0.1) is 23.8 Å². The molecule has 0 unspecified atom stereocenters. The molecule has 0 aliphatic heterocycles. The third-order valence-corrected chi connectivity index (χ3v) is 2.55. The zero-order valence-corrected chi connectivity index (χ0v) is 10.2. The van der Waals surface area contributed by atoms with Crippen molar-refractivity contribution in [2.45, 2.75) is 12.3 Å². The lowest BCUT2D eigenvalue weighted by Crippen LogP contribution is -2.09. The SMILES string of the molecule is CCOC(=O)c1ccc(C#N)c(CBr)c1F. The minimum absolute atomic E-state index is 0.143. The van der Waals surface area contributed by atoms with Gasteiger partial charge in [0.25, 0.3) is 0 Å². The average molecular weight is 286 g/mol. The summed E-state index contributed by atoms with van der Waals surface area (Å²) in [6.07, 6.45) is 0. The van der Waals surface area contributed by atoms with Gasteiger partial charge in [0, 0.05) is 10.9 Å². The van der Waals surface area contributed by atoms with E-state index in [-0.39, 0.29) is 28.6 Å². The maximum atomic E-state index is 13.8. The van der Waals surface area contributed by atoms with Crippen molar-refractivity contribution in [2.75, 3.05) is 6.61 Å². The van der Waals surface area contributed by atoms with Gasteiger partial charge in [0.1, 0.15) is 5.82 Å². The molecule has 0 radical (unpaired) electrons. The second kappa shape index (κ2) is 5.61. The molecule has 16 heavy (non-hydrogen) atoms. The molecule has 0 fully saturated rings. The Kier molecular flexibility index (Phi) is 4.44.